The van der Waals surface area contributed by atoms with Crippen LogP contribution in [-0.2, 0) is 16.6 Å². The fraction of sp³-hybridized carbons (Fsp3) is 0.769. The first-order valence-electron chi connectivity index (χ1n) is 7.21. The molecule has 0 radical (unpaired) electrons. The molecule has 1 aliphatic rings. The van der Waals surface area contributed by atoms with Gasteiger partial charge in [0.1, 0.15) is 4.90 Å². The molecule has 1 saturated heterocycles. The van der Waals surface area contributed by atoms with Gasteiger partial charge in [-0.1, -0.05) is 13.3 Å². The molecule has 2 rings (SSSR count). The summed E-state index contributed by atoms with van der Waals surface area (Å²) in [6, 6.07) is 0. The molecule has 1 N–H and O–H groups in total. The second kappa shape index (κ2) is 6.69. The van der Waals surface area contributed by atoms with Crippen molar-refractivity contribution in [3.63, 3.8) is 0 Å². The fourth-order valence-electron chi connectivity index (χ4n) is 2.64. The van der Waals surface area contributed by atoms with Crippen molar-refractivity contribution in [3.8, 4) is 0 Å². The van der Waals surface area contributed by atoms with E-state index in [0.29, 0.717) is 32.0 Å². The average Bonchev–Trinajstić information content (AvgIpc) is 3.06. The quantitative estimate of drug-likeness (QED) is 0.817. The molecule has 1 aliphatic heterocycles. The first-order valence-corrected chi connectivity index (χ1v) is 8.65. The molecular formula is C13H23N3O3S. The van der Waals surface area contributed by atoms with Crippen molar-refractivity contribution in [1.82, 2.24) is 14.1 Å². The molecule has 2 heterocycles. The molecular weight excluding hydrogens is 278 g/mol. The molecule has 20 heavy (non-hydrogen) atoms. The van der Waals surface area contributed by atoms with E-state index in [1.165, 1.54) is 6.20 Å². The van der Waals surface area contributed by atoms with Crippen molar-refractivity contribution in [2.45, 2.75) is 44.0 Å². The number of sulfonamides is 1. The number of rotatable bonds is 7. The number of aliphatic hydroxyl groups is 1. The Hall–Kier alpha value is -0.920. The van der Waals surface area contributed by atoms with Crippen LogP contribution >= 0.6 is 0 Å². The lowest BCUT2D eigenvalue weighted by Gasteiger charge is -2.15. The lowest BCUT2D eigenvalue weighted by Crippen LogP contribution is -2.28. The van der Waals surface area contributed by atoms with Gasteiger partial charge in [0.25, 0.3) is 0 Å². The highest BCUT2D eigenvalue weighted by Crippen LogP contribution is 2.26. The van der Waals surface area contributed by atoms with Gasteiger partial charge >= 0.3 is 0 Å². The summed E-state index contributed by atoms with van der Waals surface area (Å²) in [7, 11) is -3.41. The van der Waals surface area contributed by atoms with Crippen LogP contribution in [0.2, 0.25) is 0 Å². The minimum atomic E-state index is -3.41. The number of hydrogen-bond donors (Lipinski definition) is 1. The highest BCUT2D eigenvalue weighted by atomic mass is 32.2. The number of hydrogen-bond acceptors (Lipinski definition) is 4. The third kappa shape index (κ3) is 3.39. The van der Waals surface area contributed by atoms with Crippen molar-refractivity contribution in [2.24, 2.45) is 5.92 Å². The van der Waals surface area contributed by atoms with Gasteiger partial charge in [0.05, 0.1) is 6.20 Å². The van der Waals surface area contributed by atoms with Gasteiger partial charge in [-0.25, -0.2) is 8.42 Å². The van der Waals surface area contributed by atoms with Gasteiger partial charge in [-0.2, -0.15) is 9.40 Å². The van der Waals surface area contributed by atoms with Crippen LogP contribution in [0, 0.1) is 5.92 Å². The summed E-state index contributed by atoms with van der Waals surface area (Å²) < 4.78 is 28.1. The maximum absolute atomic E-state index is 12.5. The minimum Gasteiger partial charge on any atom is -0.396 e. The summed E-state index contributed by atoms with van der Waals surface area (Å²) in [5.74, 6) is 0.485. The standard InChI is InChI=1S/C13H23N3O3S/c1-2-4-12-5-7-16(10-12)20(18,19)13-9-14-15(11-13)6-3-8-17/h9,11-12,17H,2-8,10H2,1H3. The molecule has 7 heteroatoms. The Labute approximate surface area is 120 Å². The Morgan fingerprint density at radius 1 is 1.50 bits per heavy atom. The highest BCUT2D eigenvalue weighted by Gasteiger charge is 2.32. The molecule has 1 fully saturated rings. The summed E-state index contributed by atoms with van der Waals surface area (Å²) in [6.07, 6.45) is 6.66. The monoisotopic (exact) mass is 301 g/mol. The molecule has 0 bridgehead atoms. The topological polar surface area (TPSA) is 75.4 Å². The number of aromatic nitrogens is 2. The normalized spacial score (nSPS) is 20.6. The zero-order valence-corrected chi connectivity index (χ0v) is 12.7. The van der Waals surface area contributed by atoms with Crippen molar-refractivity contribution >= 4 is 10.0 Å². The van der Waals surface area contributed by atoms with E-state index in [1.807, 2.05) is 0 Å². The summed E-state index contributed by atoms with van der Waals surface area (Å²) >= 11 is 0. The van der Waals surface area contributed by atoms with Crippen LogP contribution in [0.25, 0.3) is 0 Å². The molecule has 1 unspecified atom stereocenters. The first kappa shape index (κ1) is 15.5. The van der Waals surface area contributed by atoms with Crippen LogP contribution in [0.5, 0.6) is 0 Å². The van der Waals surface area contributed by atoms with Gasteiger partial charge in [-0.05, 0) is 25.2 Å². The summed E-state index contributed by atoms with van der Waals surface area (Å²) in [5, 5.41) is 12.8. The maximum Gasteiger partial charge on any atom is 0.246 e. The molecule has 0 saturated carbocycles. The van der Waals surface area contributed by atoms with E-state index in [0.717, 1.165) is 19.3 Å². The Morgan fingerprint density at radius 2 is 2.30 bits per heavy atom. The fourth-order valence-corrected chi connectivity index (χ4v) is 4.13. The SMILES string of the molecule is CCCC1CCN(S(=O)(=O)c2cnn(CCCO)c2)C1. The van der Waals surface area contributed by atoms with E-state index in [9.17, 15) is 8.42 Å². The van der Waals surface area contributed by atoms with E-state index in [4.69, 9.17) is 5.11 Å². The molecule has 0 amide bonds. The van der Waals surface area contributed by atoms with E-state index < -0.39 is 10.0 Å². The van der Waals surface area contributed by atoms with E-state index in [1.54, 1.807) is 15.2 Å². The predicted molar refractivity (Wildman–Crippen MR) is 75.7 cm³/mol. The molecule has 114 valence electrons. The van der Waals surface area contributed by atoms with Gasteiger partial charge in [0, 0.05) is 32.4 Å². The van der Waals surface area contributed by atoms with Gasteiger partial charge in [-0.3, -0.25) is 4.68 Å². The van der Waals surface area contributed by atoms with E-state index in [-0.39, 0.29) is 11.5 Å². The zero-order valence-electron chi connectivity index (χ0n) is 11.9. The van der Waals surface area contributed by atoms with E-state index >= 15 is 0 Å². The summed E-state index contributed by atoms with van der Waals surface area (Å²) in [6.45, 7) is 3.96. The number of aryl methyl sites for hydroxylation is 1. The van der Waals surface area contributed by atoms with Crippen LogP contribution in [0.15, 0.2) is 17.3 Å². The maximum atomic E-state index is 12.5. The Kier molecular flexibility index (Phi) is 5.17. The Balaban J connectivity index is 2.05. The van der Waals surface area contributed by atoms with Crippen LogP contribution in [-0.4, -0.2) is 47.3 Å². The number of nitrogens with zero attached hydrogens (tertiary/aromatic N) is 3. The van der Waals surface area contributed by atoms with Crippen LogP contribution in [0.1, 0.15) is 32.6 Å². The van der Waals surface area contributed by atoms with Crippen molar-refractivity contribution < 1.29 is 13.5 Å². The van der Waals surface area contributed by atoms with Gasteiger partial charge in [0.2, 0.25) is 10.0 Å². The average molecular weight is 301 g/mol. The summed E-state index contributed by atoms with van der Waals surface area (Å²) in [5.41, 5.74) is 0. The van der Waals surface area contributed by atoms with Crippen molar-refractivity contribution in [2.75, 3.05) is 19.7 Å². The second-order valence-corrected chi connectivity index (χ2v) is 7.26. The lowest BCUT2D eigenvalue weighted by molar-refractivity contribution is 0.277. The van der Waals surface area contributed by atoms with Gasteiger partial charge in [0.15, 0.2) is 0 Å². The second-order valence-electron chi connectivity index (χ2n) is 5.32. The largest absolute Gasteiger partial charge is 0.396 e. The highest BCUT2D eigenvalue weighted by molar-refractivity contribution is 7.89. The molecule has 1 atom stereocenters. The number of aliphatic hydroxyl groups excluding tert-OH is 1. The Morgan fingerprint density at radius 3 is 3.00 bits per heavy atom. The van der Waals surface area contributed by atoms with Crippen molar-refractivity contribution in [3.05, 3.63) is 12.4 Å². The smallest absolute Gasteiger partial charge is 0.246 e. The van der Waals surface area contributed by atoms with Gasteiger partial charge < -0.3 is 5.11 Å². The van der Waals surface area contributed by atoms with E-state index in [2.05, 4.69) is 12.0 Å². The first-order chi connectivity index (χ1) is 9.57. The minimum absolute atomic E-state index is 0.0762. The zero-order chi connectivity index (χ0) is 14.6. The van der Waals surface area contributed by atoms with Crippen LogP contribution in [0.4, 0.5) is 0 Å². The summed E-state index contributed by atoms with van der Waals surface area (Å²) in [4.78, 5) is 0.257. The third-order valence-corrected chi connectivity index (χ3v) is 5.56. The lowest BCUT2D eigenvalue weighted by atomic mass is 10.0. The molecule has 0 aromatic carbocycles. The Bertz CT molecular complexity index is 527. The van der Waals surface area contributed by atoms with Gasteiger partial charge in [-0.15, -0.1) is 0 Å². The molecule has 1 aromatic rings. The van der Waals surface area contributed by atoms with Crippen LogP contribution < -0.4 is 0 Å². The molecule has 0 spiro atoms. The molecule has 0 aliphatic carbocycles. The third-order valence-electron chi connectivity index (χ3n) is 3.74. The molecule has 1 aromatic heterocycles. The van der Waals surface area contributed by atoms with Crippen LogP contribution in [0.3, 0.4) is 0 Å². The predicted octanol–water partition coefficient (Wildman–Crippen LogP) is 1.08. The molecule has 6 nitrogen and oxygen atoms in total. The van der Waals surface area contributed by atoms with Crippen molar-refractivity contribution in [1.29, 1.82) is 0 Å².